The molecule has 1 aromatic heterocycles. The van der Waals surface area contributed by atoms with Gasteiger partial charge in [0.15, 0.2) is 0 Å². The van der Waals surface area contributed by atoms with E-state index in [4.69, 9.17) is 0 Å². The lowest BCUT2D eigenvalue weighted by Gasteiger charge is -2.05. The molecule has 0 aliphatic carbocycles. The molecule has 0 spiro atoms. The van der Waals surface area contributed by atoms with Crippen LogP contribution in [0.25, 0.3) is 0 Å². The van der Waals surface area contributed by atoms with Crippen molar-refractivity contribution in [2.24, 2.45) is 7.05 Å². The Morgan fingerprint density at radius 3 is 2.50 bits per heavy atom. The molecule has 1 radical (unpaired) electrons. The van der Waals surface area contributed by atoms with Gasteiger partial charge in [-0.15, -0.1) is 0 Å². The summed E-state index contributed by atoms with van der Waals surface area (Å²) in [7, 11) is 1.24. The Bertz CT molecular complexity index is 339. The first-order valence-electron chi connectivity index (χ1n) is 3.07. The third-order valence-electron chi connectivity index (χ3n) is 1.35. The molecule has 0 N–H and O–H groups in total. The molecule has 0 aromatic carbocycles. The molecule has 0 fully saturated rings. The van der Waals surface area contributed by atoms with Gasteiger partial charge in [-0.2, -0.15) is 13.2 Å². The van der Waals surface area contributed by atoms with Crippen molar-refractivity contribution < 1.29 is 13.2 Å². The molecule has 0 unspecified atom stereocenters. The molecule has 5 heteroatoms. The fourth-order valence-electron chi connectivity index (χ4n) is 0.746. The van der Waals surface area contributed by atoms with Crippen LogP contribution in [0.1, 0.15) is 5.56 Å². The zero-order chi connectivity index (χ0) is 9.35. The summed E-state index contributed by atoms with van der Waals surface area (Å²) in [5.41, 5.74) is -2.24. The monoisotopic (exact) mass is 176 g/mol. The lowest BCUT2D eigenvalue weighted by atomic mass is 10.3. The van der Waals surface area contributed by atoms with Crippen molar-refractivity contribution in [3.63, 3.8) is 0 Å². The number of hydrogen-bond acceptors (Lipinski definition) is 1. The quantitative estimate of drug-likeness (QED) is 0.582. The van der Waals surface area contributed by atoms with E-state index in [9.17, 15) is 18.0 Å². The van der Waals surface area contributed by atoms with Crippen molar-refractivity contribution in [3.8, 4) is 0 Å². The maximum atomic E-state index is 12.0. The van der Waals surface area contributed by atoms with Gasteiger partial charge >= 0.3 is 6.18 Å². The number of halogens is 3. The highest BCUT2D eigenvalue weighted by Crippen LogP contribution is 2.25. The summed E-state index contributed by atoms with van der Waals surface area (Å²) in [6.45, 7) is 0. The molecule has 2 nitrogen and oxygen atoms in total. The minimum absolute atomic E-state index is 0.641. The molecule has 0 amide bonds. The van der Waals surface area contributed by atoms with Gasteiger partial charge < -0.3 is 4.57 Å². The highest BCUT2D eigenvalue weighted by Gasteiger charge is 2.33. The van der Waals surface area contributed by atoms with Gasteiger partial charge in [-0.05, 0) is 6.07 Å². The smallest absolute Gasteiger partial charge is 0.317 e. The highest BCUT2D eigenvalue weighted by atomic mass is 19.4. The first-order chi connectivity index (χ1) is 5.43. The van der Waals surface area contributed by atoms with E-state index in [1.165, 1.54) is 7.05 Å². The zero-order valence-corrected chi connectivity index (χ0v) is 6.14. The third-order valence-corrected chi connectivity index (χ3v) is 1.35. The Labute approximate surface area is 66.2 Å². The van der Waals surface area contributed by atoms with Crippen LogP contribution < -0.4 is 5.56 Å². The summed E-state index contributed by atoms with van der Waals surface area (Å²) >= 11 is 0. The number of rotatable bonds is 0. The third kappa shape index (κ3) is 1.49. The largest absolute Gasteiger partial charge is 0.421 e. The molecule has 0 aliphatic heterocycles. The Balaban J connectivity index is 3.37. The molecule has 0 saturated carbocycles. The molecule has 12 heavy (non-hydrogen) atoms. The van der Waals surface area contributed by atoms with Crippen molar-refractivity contribution in [1.82, 2.24) is 4.57 Å². The van der Waals surface area contributed by atoms with E-state index in [1.807, 2.05) is 0 Å². The second kappa shape index (κ2) is 2.66. The number of aryl methyl sites for hydroxylation is 1. The molecular weight excluding hydrogens is 171 g/mol. The van der Waals surface area contributed by atoms with Gasteiger partial charge in [-0.3, -0.25) is 4.79 Å². The standard InChI is InChI=1S/C7H5F3NO/c1-11-4-2-3-5(6(11)12)7(8,9)10/h3-4H,1H3. The summed E-state index contributed by atoms with van der Waals surface area (Å²) in [5, 5.41) is 0. The van der Waals surface area contributed by atoms with Crippen molar-refractivity contribution in [2.45, 2.75) is 6.18 Å². The Hall–Kier alpha value is -1.26. The minimum atomic E-state index is -4.59. The van der Waals surface area contributed by atoms with E-state index in [2.05, 4.69) is 6.07 Å². The number of alkyl halides is 3. The van der Waals surface area contributed by atoms with Gasteiger partial charge in [0.2, 0.25) is 0 Å². The van der Waals surface area contributed by atoms with Crippen LogP contribution >= 0.6 is 0 Å². The average molecular weight is 176 g/mol. The molecule has 0 bridgehead atoms. The van der Waals surface area contributed by atoms with Crippen LogP contribution in [0.2, 0.25) is 0 Å². The molecule has 1 rings (SSSR count). The van der Waals surface area contributed by atoms with Crippen LogP contribution in [0.5, 0.6) is 0 Å². The van der Waals surface area contributed by atoms with E-state index < -0.39 is 17.3 Å². The van der Waals surface area contributed by atoms with Gasteiger partial charge in [0, 0.05) is 19.3 Å². The maximum Gasteiger partial charge on any atom is 0.421 e. The van der Waals surface area contributed by atoms with Crippen molar-refractivity contribution in [2.75, 3.05) is 0 Å². The highest BCUT2D eigenvalue weighted by molar-refractivity contribution is 5.12. The summed E-state index contributed by atoms with van der Waals surface area (Å²) in [4.78, 5) is 10.8. The van der Waals surface area contributed by atoms with E-state index in [0.29, 0.717) is 6.07 Å². The maximum absolute atomic E-state index is 12.0. The van der Waals surface area contributed by atoms with Gasteiger partial charge in [0.25, 0.3) is 5.56 Å². The fourth-order valence-corrected chi connectivity index (χ4v) is 0.746. The van der Waals surface area contributed by atoms with Crippen LogP contribution in [0, 0.1) is 6.07 Å². The number of aromatic nitrogens is 1. The summed E-state index contributed by atoms with van der Waals surface area (Å²) in [6.07, 6.45) is -3.44. The van der Waals surface area contributed by atoms with Crippen molar-refractivity contribution in [1.29, 1.82) is 0 Å². The first-order valence-corrected chi connectivity index (χ1v) is 3.07. The van der Waals surface area contributed by atoms with Crippen LogP contribution in [0.4, 0.5) is 13.2 Å². The Morgan fingerprint density at radius 2 is 2.08 bits per heavy atom. The SMILES string of the molecule is Cn1c[c]cc(C(F)(F)F)c1=O. The minimum Gasteiger partial charge on any atom is -0.317 e. The van der Waals surface area contributed by atoms with Crippen LogP contribution in [-0.2, 0) is 13.2 Å². The molecular formula is C7H5F3NO. The lowest BCUT2D eigenvalue weighted by Crippen LogP contribution is -2.25. The van der Waals surface area contributed by atoms with E-state index in [1.54, 1.807) is 0 Å². The zero-order valence-electron chi connectivity index (χ0n) is 6.14. The molecule has 0 atom stereocenters. The number of nitrogens with zero attached hydrogens (tertiary/aromatic N) is 1. The van der Waals surface area contributed by atoms with Crippen LogP contribution in [0.15, 0.2) is 17.1 Å². The van der Waals surface area contributed by atoms with Crippen LogP contribution in [-0.4, -0.2) is 4.57 Å². The predicted octanol–water partition coefficient (Wildman–Crippen LogP) is 1.20. The number of hydrogen-bond donors (Lipinski definition) is 0. The molecule has 65 valence electrons. The summed E-state index contributed by atoms with van der Waals surface area (Å²) < 4.78 is 36.8. The van der Waals surface area contributed by atoms with Gasteiger partial charge in [-0.25, -0.2) is 0 Å². The Morgan fingerprint density at radius 1 is 1.50 bits per heavy atom. The van der Waals surface area contributed by atoms with Crippen molar-refractivity contribution >= 4 is 0 Å². The Kier molecular flexibility index (Phi) is 1.95. The fraction of sp³-hybridized carbons (Fsp3) is 0.286. The topological polar surface area (TPSA) is 22.0 Å². The van der Waals surface area contributed by atoms with Gasteiger partial charge in [-0.1, -0.05) is 0 Å². The lowest BCUT2D eigenvalue weighted by molar-refractivity contribution is -0.138. The average Bonchev–Trinajstić information content (AvgIpc) is 1.92. The van der Waals surface area contributed by atoms with E-state index >= 15 is 0 Å². The van der Waals surface area contributed by atoms with E-state index in [-0.39, 0.29) is 0 Å². The summed E-state index contributed by atoms with van der Waals surface area (Å²) in [6, 6.07) is 2.86. The van der Waals surface area contributed by atoms with Gasteiger partial charge in [0.05, 0.1) is 0 Å². The second-order valence-electron chi connectivity index (χ2n) is 2.27. The molecule has 1 aromatic rings. The second-order valence-corrected chi connectivity index (χ2v) is 2.27. The normalized spacial score (nSPS) is 11.7. The van der Waals surface area contributed by atoms with Crippen molar-refractivity contribution in [3.05, 3.63) is 34.2 Å². The molecule has 0 aliphatic rings. The molecule has 0 saturated heterocycles. The van der Waals surface area contributed by atoms with E-state index in [0.717, 1.165) is 10.8 Å². The molecule has 1 heterocycles. The first kappa shape index (κ1) is 8.83. The predicted molar refractivity (Wildman–Crippen MR) is 35.5 cm³/mol. The van der Waals surface area contributed by atoms with Crippen LogP contribution in [0.3, 0.4) is 0 Å². The van der Waals surface area contributed by atoms with Gasteiger partial charge in [0.1, 0.15) is 5.56 Å². The summed E-state index contributed by atoms with van der Waals surface area (Å²) in [5.74, 6) is 0. The number of pyridine rings is 1.